The van der Waals surface area contributed by atoms with Gasteiger partial charge in [-0.25, -0.2) is 9.59 Å². The minimum Gasteiger partial charge on any atom is -0.445 e. The third kappa shape index (κ3) is 8.12. The van der Waals surface area contributed by atoms with E-state index < -0.39 is 17.8 Å². The highest BCUT2D eigenvalue weighted by atomic mass is 16.6. The van der Waals surface area contributed by atoms with E-state index in [2.05, 4.69) is 10.6 Å². The molecular weight excluding hydrogens is 356 g/mol. The van der Waals surface area contributed by atoms with Gasteiger partial charge in [-0.05, 0) is 38.3 Å². The summed E-state index contributed by atoms with van der Waals surface area (Å²) < 4.78 is 10.5. The Morgan fingerprint density at radius 3 is 2.14 bits per heavy atom. The lowest BCUT2D eigenvalue weighted by molar-refractivity contribution is 0.0501. The first-order valence-electron chi connectivity index (χ1n) is 9.32. The molecule has 2 aromatic carbocycles. The molecule has 0 spiro atoms. The Balaban J connectivity index is 1.84. The van der Waals surface area contributed by atoms with Crippen molar-refractivity contribution in [1.29, 1.82) is 0 Å². The zero-order valence-electron chi connectivity index (χ0n) is 16.6. The van der Waals surface area contributed by atoms with Crippen molar-refractivity contribution in [3.63, 3.8) is 0 Å². The van der Waals surface area contributed by atoms with Crippen LogP contribution in [0.5, 0.6) is 0 Å². The minimum absolute atomic E-state index is 0.213. The van der Waals surface area contributed by atoms with Crippen LogP contribution in [-0.2, 0) is 16.1 Å². The highest BCUT2D eigenvalue weighted by molar-refractivity contribution is 5.68. The molecule has 0 aliphatic carbocycles. The molecule has 0 aliphatic heterocycles. The van der Waals surface area contributed by atoms with E-state index in [0.717, 1.165) is 11.1 Å². The summed E-state index contributed by atoms with van der Waals surface area (Å²) in [6.45, 7) is 6.01. The van der Waals surface area contributed by atoms with Crippen LogP contribution >= 0.6 is 0 Å². The van der Waals surface area contributed by atoms with E-state index in [1.165, 1.54) is 0 Å². The molecule has 6 nitrogen and oxygen atoms in total. The smallest absolute Gasteiger partial charge is 0.408 e. The molecule has 1 atom stereocenters. The summed E-state index contributed by atoms with van der Waals surface area (Å²) in [5.41, 5.74) is 1.28. The van der Waals surface area contributed by atoms with Crippen LogP contribution < -0.4 is 10.6 Å². The summed E-state index contributed by atoms with van der Waals surface area (Å²) in [6.07, 6.45) is -0.482. The maximum atomic E-state index is 12.2. The van der Waals surface area contributed by atoms with Gasteiger partial charge in [0.05, 0.1) is 6.04 Å². The molecule has 0 bridgehead atoms. The largest absolute Gasteiger partial charge is 0.445 e. The standard InChI is InChI=1S/C22H28N2O4/c1-22(2,3)28-21(26)24-19(18-12-8-5-9-13-18)14-15-23-20(25)27-16-17-10-6-4-7-11-17/h4-13,19H,14-16H2,1-3H3,(H,23,25)(H,24,26)/t19-/m0/s1. The topological polar surface area (TPSA) is 76.7 Å². The van der Waals surface area contributed by atoms with E-state index in [9.17, 15) is 9.59 Å². The van der Waals surface area contributed by atoms with Gasteiger partial charge in [0.25, 0.3) is 0 Å². The van der Waals surface area contributed by atoms with Crippen LogP contribution in [-0.4, -0.2) is 24.3 Å². The Bertz CT molecular complexity index is 742. The van der Waals surface area contributed by atoms with Crippen LogP contribution in [0.3, 0.4) is 0 Å². The van der Waals surface area contributed by atoms with Gasteiger partial charge in [0.1, 0.15) is 12.2 Å². The molecule has 0 saturated heterocycles. The minimum atomic E-state index is -0.579. The Morgan fingerprint density at radius 2 is 1.54 bits per heavy atom. The molecule has 0 heterocycles. The predicted molar refractivity (Wildman–Crippen MR) is 108 cm³/mol. The second-order valence-corrected chi connectivity index (χ2v) is 7.39. The number of benzene rings is 2. The molecule has 2 amide bonds. The number of hydrogen-bond acceptors (Lipinski definition) is 4. The third-order valence-corrected chi connectivity index (χ3v) is 3.81. The molecule has 6 heteroatoms. The van der Waals surface area contributed by atoms with Gasteiger partial charge in [-0.2, -0.15) is 0 Å². The molecule has 2 N–H and O–H groups in total. The summed E-state index contributed by atoms with van der Waals surface area (Å²) in [4.78, 5) is 24.1. The van der Waals surface area contributed by atoms with Crippen molar-refractivity contribution in [3.8, 4) is 0 Å². The van der Waals surface area contributed by atoms with Gasteiger partial charge >= 0.3 is 12.2 Å². The maximum absolute atomic E-state index is 12.2. The van der Waals surface area contributed by atoms with Gasteiger partial charge in [0, 0.05) is 6.54 Å². The highest BCUT2D eigenvalue weighted by Crippen LogP contribution is 2.17. The predicted octanol–water partition coefficient (Wildman–Crippen LogP) is 4.57. The molecule has 150 valence electrons. The summed E-state index contributed by atoms with van der Waals surface area (Å²) >= 11 is 0. The van der Waals surface area contributed by atoms with Gasteiger partial charge < -0.3 is 20.1 Å². The van der Waals surface area contributed by atoms with Crippen LogP contribution in [0, 0.1) is 0 Å². The zero-order valence-corrected chi connectivity index (χ0v) is 16.6. The van der Waals surface area contributed by atoms with E-state index in [0.29, 0.717) is 13.0 Å². The van der Waals surface area contributed by atoms with Crippen LogP contribution in [0.1, 0.15) is 44.4 Å². The average molecular weight is 384 g/mol. The van der Waals surface area contributed by atoms with Gasteiger partial charge in [-0.15, -0.1) is 0 Å². The number of carbonyl (C=O) groups excluding carboxylic acids is 2. The molecule has 0 radical (unpaired) electrons. The van der Waals surface area contributed by atoms with Crippen molar-refractivity contribution in [1.82, 2.24) is 10.6 Å². The monoisotopic (exact) mass is 384 g/mol. The first-order valence-corrected chi connectivity index (χ1v) is 9.32. The van der Waals surface area contributed by atoms with E-state index in [1.807, 2.05) is 81.4 Å². The van der Waals surface area contributed by atoms with E-state index in [4.69, 9.17) is 9.47 Å². The summed E-state index contributed by atoms with van der Waals surface area (Å²) in [7, 11) is 0. The Labute approximate surface area is 166 Å². The first kappa shape index (κ1) is 21.3. The third-order valence-electron chi connectivity index (χ3n) is 3.81. The fourth-order valence-electron chi connectivity index (χ4n) is 2.55. The molecule has 2 aromatic rings. The molecule has 0 unspecified atom stereocenters. The van der Waals surface area contributed by atoms with Crippen molar-refractivity contribution in [3.05, 3.63) is 71.8 Å². The van der Waals surface area contributed by atoms with Crippen molar-refractivity contribution >= 4 is 12.2 Å². The number of rotatable bonds is 7. The molecule has 2 rings (SSSR count). The number of nitrogens with one attached hydrogen (secondary N) is 2. The summed E-state index contributed by atoms with van der Waals surface area (Å²) in [6, 6.07) is 18.8. The maximum Gasteiger partial charge on any atom is 0.408 e. The highest BCUT2D eigenvalue weighted by Gasteiger charge is 2.20. The number of amides is 2. The van der Waals surface area contributed by atoms with Gasteiger partial charge in [0.15, 0.2) is 0 Å². The fourth-order valence-corrected chi connectivity index (χ4v) is 2.55. The normalized spacial score (nSPS) is 12.0. The fraction of sp³-hybridized carbons (Fsp3) is 0.364. The number of alkyl carbamates (subject to hydrolysis) is 2. The molecule has 0 aliphatic rings. The van der Waals surface area contributed by atoms with Gasteiger partial charge in [0.2, 0.25) is 0 Å². The Hall–Kier alpha value is -3.02. The Morgan fingerprint density at radius 1 is 0.929 bits per heavy atom. The number of ether oxygens (including phenoxy) is 2. The second kappa shape index (κ2) is 10.3. The lowest BCUT2D eigenvalue weighted by atomic mass is 10.0. The van der Waals surface area contributed by atoms with E-state index >= 15 is 0 Å². The Kier molecular flexibility index (Phi) is 7.87. The second-order valence-electron chi connectivity index (χ2n) is 7.39. The SMILES string of the molecule is CC(C)(C)OC(=O)N[C@@H](CCNC(=O)OCc1ccccc1)c1ccccc1. The summed E-state index contributed by atoms with van der Waals surface area (Å²) in [5, 5.41) is 5.59. The number of hydrogen-bond donors (Lipinski definition) is 2. The van der Waals surface area contributed by atoms with Crippen LogP contribution in [0.15, 0.2) is 60.7 Å². The van der Waals surface area contributed by atoms with Gasteiger partial charge in [-0.1, -0.05) is 60.7 Å². The van der Waals surface area contributed by atoms with E-state index in [1.54, 1.807) is 0 Å². The van der Waals surface area contributed by atoms with Gasteiger partial charge in [-0.3, -0.25) is 0 Å². The molecular formula is C22H28N2O4. The quantitative estimate of drug-likeness (QED) is 0.733. The van der Waals surface area contributed by atoms with Crippen LogP contribution in [0.25, 0.3) is 0 Å². The molecule has 0 aromatic heterocycles. The van der Waals surface area contributed by atoms with Crippen LogP contribution in [0.4, 0.5) is 9.59 Å². The lowest BCUT2D eigenvalue weighted by Crippen LogP contribution is -2.36. The number of carbonyl (C=O) groups is 2. The average Bonchev–Trinajstić information content (AvgIpc) is 2.65. The summed E-state index contributed by atoms with van der Waals surface area (Å²) in [5.74, 6) is 0. The first-order chi connectivity index (χ1) is 13.3. The van der Waals surface area contributed by atoms with E-state index in [-0.39, 0.29) is 12.6 Å². The zero-order chi connectivity index (χ0) is 20.4. The lowest BCUT2D eigenvalue weighted by Gasteiger charge is -2.24. The molecule has 28 heavy (non-hydrogen) atoms. The van der Waals surface area contributed by atoms with Crippen molar-refractivity contribution in [2.45, 2.75) is 45.4 Å². The van der Waals surface area contributed by atoms with Crippen LogP contribution in [0.2, 0.25) is 0 Å². The van der Waals surface area contributed by atoms with Crippen molar-refractivity contribution in [2.75, 3.05) is 6.54 Å². The molecule has 0 fully saturated rings. The van der Waals surface area contributed by atoms with Crippen molar-refractivity contribution < 1.29 is 19.1 Å². The van der Waals surface area contributed by atoms with Crippen molar-refractivity contribution in [2.24, 2.45) is 0 Å². The molecule has 0 saturated carbocycles.